The molecule has 2 aromatic carbocycles. The highest BCUT2D eigenvalue weighted by Gasteiger charge is 2.61. The lowest BCUT2D eigenvalue weighted by Gasteiger charge is -2.32. The number of carbonyl (C=O) groups excluding carboxylic acids is 3. The van der Waals surface area contributed by atoms with Crippen LogP contribution in [0, 0.1) is 11.3 Å². The predicted octanol–water partition coefficient (Wildman–Crippen LogP) is 3.68. The van der Waals surface area contributed by atoms with Crippen molar-refractivity contribution in [1.29, 1.82) is 0 Å². The Kier molecular flexibility index (Phi) is 9.07. The minimum Gasteiger partial charge on any atom is -0.471 e. The van der Waals surface area contributed by atoms with E-state index in [2.05, 4.69) is 16.6 Å². The van der Waals surface area contributed by atoms with E-state index in [0.717, 1.165) is 4.88 Å². The number of rotatable bonds is 10. The van der Waals surface area contributed by atoms with Gasteiger partial charge in [-0.3, -0.25) is 14.4 Å². The highest BCUT2D eigenvalue weighted by molar-refractivity contribution is 7.90. The van der Waals surface area contributed by atoms with Gasteiger partial charge < -0.3 is 20.1 Å². The molecular formula is C35H37N5O7S2. The normalized spacial score (nSPS) is 22.7. The molecule has 1 aliphatic heterocycles. The number of nitrogens with one attached hydrogen (secondary N) is 2. The fourth-order valence-electron chi connectivity index (χ4n) is 5.91. The summed E-state index contributed by atoms with van der Waals surface area (Å²) in [5.74, 6) is -2.61. The summed E-state index contributed by atoms with van der Waals surface area (Å²) >= 11 is 1.46. The standard InChI is InChI=1S/C35H37N5O7S2/c1-5-21-19-35(21,33(44)39-49(45,46)23-12-7-6-8-13-23)38-30(42)26-18-22(20-40(26)32(43)29(41)34(2,3)4)47-31-28(27-16-11-17-48-27)36-24-14-9-10-15-25(24)37-31/h5-17,21-22,26,29,41H,1,18-20H2,2-4H3,(H,38,42)(H,39,44)/t21-,22-,26+,29-,35-/m1/s1. The lowest BCUT2D eigenvalue weighted by molar-refractivity contribution is -0.150. The van der Waals surface area contributed by atoms with Crippen LogP contribution in [0.3, 0.4) is 0 Å². The Balaban J connectivity index is 1.29. The summed E-state index contributed by atoms with van der Waals surface area (Å²) in [4.78, 5) is 52.9. The van der Waals surface area contributed by atoms with E-state index < -0.39 is 62.9 Å². The highest BCUT2D eigenvalue weighted by atomic mass is 32.2. The number of sulfonamides is 1. The van der Waals surface area contributed by atoms with Gasteiger partial charge in [-0.15, -0.1) is 17.9 Å². The van der Waals surface area contributed by atoms with E-state index >= 15 is 0 Å². The van der Waals surface area contributed by atoms with Gasteiger partial charge in [0.2, 0.25) is 11.8 Å². The van der Waals surface area contributed by atoms with Gasteiger partial charge in [0.25, 0.3) is 21.8 Å². The number of fused-ring (bicyclic) bond motifs is 1. The second-order valence-electron chi connectivity index (χ2n) is 13.3. The van der Waals surface area contributed by atoms with Gasteiger partial charge in [0.1, 0.15) is 29.5 Å². The van der Waals surface area contributed by atoms with Crippen LogP contribution in [0.25, 0.3) is 21.6 Å². The van der Waals surface area contributed by atoms with E-state index in [0.29, 0.717) is 16.7 Å². The van der Waals surface area contributed by atoms with Gasteiger partial charge >= 0.3 is 0 Å². The van der Waals surface area contributed by atoms with Crippen LogP contribution in [0.5, 0.6) is 5.88 Å². The minimum absolute atomic E-state index is 0.00555. The molecule has 1 saturated heterocycles. The average molecular weight is 704 g/mol. The van der Waals surface area contributed by atoms with Crippen molar-refractivity contribution in [3.63, 3.8) is 0 Å². The molecule has 49 heavy (non-hydrogen) atoms. The molecule has 5 atom stereocenters. The predicted molar refractivity (Wildman–Crippen MR) is 184 cm³/mol. The number of ether oxygens (including phenoxy) is 1. The van der Waals surface area contributed by atoms with E-state index in [1.807, 2.05) is 41.8 Å². The van der Waals surface area contributed by atoms with E-state index in [9.17, 15) is 27.9 Å². The van der Waals surface area contributed by atoms with Gasteiger partial charge in [-0.05, 0) is 47.5 Å². The molecule has 256 valence electrons. The van der Waals surface area contributed by atoms with E-state index in [-0.39, 0.29) is 30.2 Å². The molecule has 2 aromatic heterocycles. The average Bonchev–Trinajstić information content (AvgIpc) is 3.37. The molecule has 1 aliphatic carbocycles. The van der Waals surface area contributed by atoms with E-state index in [4.69, 9.17) is 14.7 Å². The summed E-state index contributed by atoms with van der Waals surface area (Å²) in [6, 6.07) is 17.4. The summed E-state index contributed by atoms with van der Waals surface area (Å²) in [6.45, 7) is 8.81. The highest BCUT2D eigenvalue weighted by Crippen LogP contribution is 2.45. The van der Waals surface area contributed by atoms with Gasteiger partial charge in [0, 0.05) is 12.3 Å². The number of amides is 3. The lowest BCUT2D eigenvalue weighted by atomic mass is 9.88. The molecule has 0 unspecified atom stereocenters. The van der Waals surface area contributed by atoms with Gasteiger partial charge in [0.05, 0.1) is 27.4 Å². The first-order chi connectivity index (χ1) is 23.2. The second-order valence-corrected chi connectivity index (χ2v) is 16.0. The fourth-order valence-corrected chi connectivity index (χ4v) is 7.67. The van der Waals surface area contributed by atoms with Crippen LogP contribution in [0.15, 0.2) is 89.7 Å². The lowest BCUT2D eigenvalue weighted by Crippen LogP contribution is -2.57. The number of nitrogens with zero attached hydrogens (tertiary/aromatic N) is 3. The fraction of sp³-hybridized carbons (Fsp3) is 0.343. The molecule has 14 heteroatoms. The zero-order valence-corrected chi connectivity index (χ0v) is 28.8. The van der Waals surface area contributed by atoms with E-state index in [1.165, 1.54) is 46.6 Å². The zero-order valence-electron chi connectivity index (χ0n) is 27.2. The molecule has 3 N–H and O–H groups in total. The number of benzene rings is 2. The molecule has 6 rings (SSSR count). The molecular weight excluding hydrogens is 667 g/mol. The molecule has 0 spiro atoms. The maximum atomic E-state index is 14.1. The van der Waals surface area contributed by atoms with Crippen molar-refractivity contribution in [3.8, 4) is 16.5 Å². The molecule has 2 aliphatic rings. The first-order valence-electron chi connectivity index (χ1n) is 15.8. The molecule has 12 nitrogen and oxygen atoms in total. The summed E-state index contributed by atoms with van der Waals surface area (Å²) in [5, 5.41) is 15.7. The number of likely N-dealkylation sites (tertiary alicyclic amines) is 1. The SMILES string of the molecule is C=C[C@@H]1C[C@]1(NC(=O)[C@@H]1C[C@@H](Oc2nc3ccccc3nc2-c2cccs2)CN1C(=O)[C@@H](O)C(C)(C)C)C(=O)NS(=O)(=O)c1ccccc1. The van der Waals surface area contributed by atoms with Gasteiger partial charge in [-0.2, -0.15) is 0 Å². The Labute approximate surface area is 288 Å². The smallest absolute Gasteiger partial charge is 0.264 e. The third kappa shape index (κ3) is 6.80. The molecule has 0 radical (unpaired) electrons. The Hall–Kier alpha value is -4.66. The third-order valence-corrected chi connectivity index (χ3v) is 11.0. The summed E-state index contributed by atoms with van der Waals surface area (Å²) < 4.78 is 34.5. The monoisotopic (exact) mass is 703 g/mol. The van der Waals surface area contributed by atoms with Gasteiger partial charge in [-0.1, -0.05) is 63.2 Å². The maximum Gasteiger partial charge on any atom is 0.264 e. The number of aliphatic hydroxyl groups is 1. The van der Waals surface area contributed by atoms with Crippen LogP contribution in [0.4, 0.5) is 0 Å². The number of aliphatic hydroxyl groups excluding tert-OH is 1. The molecule has 0 bridgehead atoms. The molecule has 4 aromatic rings. The van der Waals surface area contributed by atoms with Crippen LogP contribution >= 0.6 is 11.3 Å². The number of aromatic nitrogens is 2. The zero-order chi connectivity index (χ0) is 35.1. The van der Waals surface area contributed by atoms with Crippen LogP contribution in [0.1, 0.15) is 33.6 Å². The molecule has 3 heterocycles. The quantitative estimate of drug-likeness (QED) is 0.209. The van der Waals surface area contributed by atoms with E-state index in [1.54, 1.807) is 26.8 Å². The van der Waals surface area contributed by atoms with Crippen molar-refractivity contribution in [2.45, 2.75) is 62.3 Å². The van der Waals surface area contributed by atoms with Gasteiger partial charge in [0.15, 0.2) is 0 Å². The first kappa shape index (κ1) is 34.2. The number of thiophene rings is 1. The van der Waals surface area contributed by atoms with Gasteiger partial charge in [-0.25, -0.2) is 23.1 Å². The number of carbonyl (C=O) groups is 3. The van der Waals surface area contributed by atoms with Crippen molar-refractivity contribution >= 4 is 50.1 Å². The van der Waals surface area contributed by atoms with Crippen molar-refractivity contribution in [2.24, 2.45) is 11.3 Å². The van der Waals surface area contributed by atoms with Crippen molar-refractivity contribution < 1.29 is 32.6 Å². The van der Waals surface area contributed by atoms with Crippen LogP contribution in [0.2, 0.25) is 0 Å². The molecule has 1 saturated carbocycles. The number of hydrogen-bond acceptors (Lipinski definition) is 10. The summed E-state index contributed by atoms with van der Waals surface area (Å²) in [6.07, 6.45) is -0.587. The Morgan fingerprint density at radius 2 is 1.73 bits per heavy atom. The number of para-hydroxylation sites is 2. The third-order valence-electron chi connectivity index (χ3n) is 8.81. The van der Waals surface area contributed by atoms with Crippen molar-refractivity contribution in [1.82, 2.24) is 24.9 Å². The Bertz CT molecular complexity index is 2010. The topological polar surface area (TPSA) is 168 Å². The van der Waals surface area contributed by atoms with Crippen molar-refractivity contribution in [2.75, 3.05) is 6.54 Å². The van der Waals surface area contributed by atoms with Crippen LogP contribution in [-0.4, -0.2) is 76.4 Å². The second kappa shape index (κ2) is 13.0. The summed E-state index contributed by atoms with van der Waals surface area (Å²) in [7, 11) is -4.24. The Morgan fingerprint density at radius 1 is 1.06 bits per heavy atom. The van der Waals surface area contributed by atoms with Crippen molar-refractivity contribution in [3.05, 3.63) is 84.8 Å². The van der Waals surface area contributed by atoms with Crippen LogP contribution < -0.4 is 14.8 Å². The minimum atomic E-state index is -4.24. The Morgan fingerprint density at radius 3 is 2.35 bits per heavy atom. The maximum absolute atomic E-state index is 14.1. The van der Waals surface area contributed by atoms with Crippen LogP contribution in [-0.2, 0) is 24.4 Å². The summed E-state index contributed by atoms with van der Waals surface area (Å²) in [5.41, 5.74) is -0.663. The number of hydrogen-bond donors (Lipinski definition) is 3. The molecule has 3 amide bonds. The first-order valence-corrected chi connectivity index (χ1v) is 18.1. The largest absolute Gasteiger partial charge is 0.471 e. The molecule has 2 fully saturated rings.